The van der Waals surface area contributed by atoms with Crippen molar-refractivity contribution in [2.24, 2.45) is 0 Å². The average Bonchev–Trinajstić information content (AvgIpc) is 2.61. The van der Waals surface area contributed by atoms with Crippen molar-refractivity contribution in [2.75, 3.05) is 5.01 Å². The molecule has 0 fully saturated rings. The minimum absolute atomic E-state index is 0. The Morgan fingerprint density at radius 2 is 1.71 bits per heavy atom. The van der Waals surface area contributed by atoms with E-state index in [-0.39, 0.29) is 22.7 Å². The first kappa shape index (κ1) is 17.6. The van der Waals surface area contributed by atoms with Crippen LogP contribution in [0.4, 0.5) is 11.5 Å². The minimum Gasteiger partial charge on any atom is -1.00 e. The van der Waals surface area contributed by atoms with Gasteiger partial charge in [0.2, 0.25) is 0 Å². The molecule has 2 heterocycles. The molecule has 3 aromatic rings. The Labute approximate surface area is 149 Å². The summed E-state index contributed by atoms with van der Waals surface area (Å²) in [6.45, 7) is 0.545. The van der Waals surface area contributed by atoms with E-state index in [1.165, 1.54) is 12.1 Å². The summed E-state index contributed by atoms with van der Waals surface area (Å²) in [5.74, 6) is 0.794. The van der Waals surface area contributed by atoms with Gasteiger partial charge in [0.1, 0.15) is 6.54 Å². The van der Waals surface area contributed by atoms with Crippen LogP contribution in [-0.4, -0.2) is 9.91 Å². The molecule has 0 N–H and O–H groups in total. The second kappa shape index (κ2) is 8.16. The van der Waals surface area contributed by atoms with E-state index in [0.717, 1.165) is 11.4 Å². The van der Waals surface area contributed by atoms with Gasteiger partial charge < -0.3 is 17.0 Å². The maximum atomic E-state index is 10.8. The summed E-state index contributed by atoms with van der Waals surface area (Å²) < 4.78 is 1.93. The van der Waals surface area contributed by atoms with Gasteiger partial charge in [0, 0.05) is 30.5 Å². The number of nitro benzene ring substituents is 1. The lowest BCUT2D eigenvalue weighted by Crippen LogP contribution is -3.00. The quantitative estimate of drug-likeness (QED) is 0.344. The van der Waals surface area contributed by atoms with Gasteiger partial charge in [-0.05, 0) is 17.7 Å². The SMILES string of the molecule is O=[N+]([O-])c1ccc(CN(c2ccccn2)[n+]2ccccc2)cc1.[Br-]. The van der Waals surface area contributed by atoms with Gasteiger partial charge in [-0.3, -0.25) is 10.1 Å². The molecule has 0 saturated carbocycles. The number of hydrogen-bond donors (Lipinski definition) is 0. The van der Waals surface area contributed by atoms with Gasteiger partial charge in [-0.15, -0.1) is 5.01 Å². The molecule has 24 heavy (non-hydrogen) atoms. The molecule has 0 amide bonds. The van der Waals surface area contributed by atoms with Crippen LogP contribution in [0.2, 0.25) is 0 Å². The van der Waals surface area contributed by atoms with Crippen molar-refractivity contribution < 1.29 is 26.6 Å². The molecule has 3 rings (SSSR count). The number of halogens is 1. The Morgan fingerprint density at radius 3 is 2.29 bits per heavy atom. The predicted molar refractivity (Wildman–Crippen MR) is 85.6 cm³/mol. The third-order valence-corrected chi connectivity index (χ3v) is 3.37. The van der Waals surface area contributed by atoms with E-state index in [4.69, 9.17) is 0 Å². The molecule has 0 saturated heterocycles. The third kappa shape index (κ3) is 4.14. The molecule has 122 valence electrons. The first-order valence-corrected chi connectivity index (χ1v) is 7.12. The summed E-state index contributed by atoms with van der Waals surface area (Å²) in [7, 11) is 0. The van der Waals surface area contributed by atoms with Crippen LogP contribution < -0.4 is 26.7 Å². The summed E-state index contributed by atoms with van der Waals surface area (Å²) in [6.07, 6.45) is 5.60. The summed E-state index contributed by atoms with van der Waals surface area (Å²) in [5.41, 5.74) is 1.04. The first-order valence-electron chi connectivity index (χ1n) is 7.12. The molecule has 0 radical (unpaired) electrons. The van der Waals surface area contributed by atoms with Gasteiger partial charge >= 0.3 is 0 Å². The fraction of sp³-hybridized carbons (Fsp3) is 0.0588. The molecular weight excluding hydrogens is 372 g/mol. The van der Waals surface area contributed by atoms with Gasteiger partial charge in [0.05, 0.1) is 4.92 Å². The van der Waals surface area contributed by atoms with E-state index in [2.05, 4.69) is 4.98 Å². The lowest BCUT2D eigenvalue weighted by Gasteiger charge is -2.16. The van der Waals surface area contributed by atoms with E-state index in [0.29, 0.717) is 6.54 Å². The lowest BCUT2D eigenvalue weighted by atomic mass is 10.2. The van der Waals surface area contributed by atoms with Crippen LogP contribution in [0.1, 0.15) is 5.56 Å². The van der Waals surface area contributed by atoms with Crippen LogP contribution in [-0.2, 0) is 6.54 Å². The molecule has 1 aromatic carbocycles. The fourth-order valence-corrected chi connectivity index (χ4v) is 2.23. The minimum atomic E-state index is -0.397. The van der Waals surface area contributed by atoms with Gasteiger partial charge in [-0.25, -0.2) is 4.98 Å². The van der Waals surface area contributed by atoms with Crippen LogP contribution in [0, 0.1) is 10.1 Å². The Bertz CT molecular complexity index is 743. The lowest BCUT2D eigenvalue weighted by molar-refractivity contribution is -0.686. The topological polar surface area (TPSA) is 63.2 Å². The highest BCUT2D eigenvalue weighted by Crippen LogP contribution is 2.15. The fourth-order valence-electron chi connectivity index (χ4n) is 2.23. The van der Waals surface area contributed by atoms with Crippen LogP contribution in [0.5, 0.6) is 0 Å². The number of nitrogens with zero attached hydrogens (tertiary/aromatic N) is 4. The standard InChI is InChI=1S/C17H15N4O2.BrH/c22-21(23)16-9-7-15(8-10-16)14-20(17-6-2-3-11-18-17)19-12-4-1-5-13-19;/h1-13H,14H2;1H/q+1;/p-1. The predicted octanol–water partition coefficient (Wildman–Crippen LogP) is -0.249. The normalized spacial score (nSPS) is 9.83. The molecule has 0 unspecified atom stereocenters. The van der Waals surface area contributed by atoms with Crippen LogP contribution >= 0.6 is 0 Å². The summed E-state index contributed by atoms with van der Waals surface area (Å²) >= 11 is 0. The molecule has 0 aliphatic heterocycles. The number of benzene rings is 1. The van der Waals surface area contributed by atoms with Crippen molar-refractivity contribution in [3.63, 3.8) is 0 Å². The van der Waals surface area contributed by atoms with Gasteiger partial charge in [-0.1, -0.05) is 28.9 Å². The average molecular weight is 387 g/mol. The number of pyridine rings is 2. The molecule has 0 aliphatic rings. The maximum absolute atomic E-state index is 10.8. The summed E-state index contributed by atoms with van der Waals surface area (Å²) in [5, 5.41) is 12.7. The summed E-state index contributed by atoms with van der Waals surface area (Å²) in [4.78, 5) is 14.8. The number of rotatable bonds is 5. The van der Waals surface area contributed by atoms with Crippen LogP contribution in [0.3, 0.4) is 0 Å². The highest BCUT2D eigenvalue weighted by atomic mass is 79.9. The second-order valence-electron chi connectivity index (χ2n) is 4.92. The number of non-ortho nitro benzene ring substituents is 1. The maximum Gasteiger partial charge on any atom is 0.269 e. The van der Waals surface area contributed by atoms with Crippen molar-refractivity contribution in [1.82, 2.24) is 4.98 Å². The largest absolute Gasteiger partial charge is 1.00 e. The number of aromatic nitrogens is 2. The smallest absolute Gasteiger partial charge is 0.269 e. The molecular formula is C17H15BrN4O2. The van der Waals surface area contributed by atoms with Gasteiger partial charge in [-0.2, -0.15) is 0 Å². The van der Waals surface area contributed by atoms with Crippen molar-refractivity contribution in [1.29, 1.82) is 0 Å². The molecule has 0 aliphatic carbocycles. The zero-order valence-electron chi connectivity index (χ0n) is 12.7. The van der Waals surface area contributed by atoms with Crippen molar-refractivity contribution in [3.05, 3.63) is 94.9 Å². The Morgan fingerprint density at radius 1 is 1.00 bits per heavy atom. The van der Waals surface area contributed by atoms with E-state index in [9.17, 15) is 10.1 Å². The number of nitro groups is 1. The number of anilines is 1. The Kier molecular flexibility index (Phi) is 5.97. The van der Waals surface area contributed by atoms with Crippen molar-refractivity contribution >= 4 is 11.5 Å². The zero-order valence-corrected chi connectivity index (χ0v) is 14.3. The summed E-state index contributed by atoms with van der Waals surface area (Å²) in [6, 6.07) is 18.1. The molecule has 0 atom stereocenters. The highest BCUT2D eigenvalue weighted by Gasteiger charge is 2.17. The molecule has 7 heteroatoms. The molecule has 0 spiro atoms. The Hall–Kier alpha value is -2.80. The van der Waals surface area contributed by atoms with E-state index >= 15 is 0 Å². The van der Waals surface area contributed by atoms with Crippen molar-refractivity contribution in [3.8, 4) is 0 Å². The monoisotopic (exact) mass is 386 g/mol. The molecule has 0 bridgehead atoms. The molecule has 6 nitrogen and oxygen atoms in total. The first-order chi connectivity index (χ1) is 11.2. The van der Waals surface area contributed by atoms with Crippen LogP contribution in [0.25, 0.3) is 0 Å². The second-order valence-corrected chi connectivity index (χ2v) is 4.92. The third-order valence-electron chi connectivity index (χ3n) is 3.37. The van der Waals surface area contributed by atoms with E-state index in [1.54, 1.807) is 18.3 Å². The zero-order chi connectivity index (χ0) is 16.1. The Balaban J connectivity index is 0.00000208. The molecule has 2 aromatic heterocycles. The van der Waals surface area contributed by atoms with E-state index < -0.39 is 4.92 Å². The van der Waals surface area contributed by atoms with Crippen LogP contribution in [0.15, 0.2) is 79.3 Å². The number of hydrogen-bond acceptors (Lipinski definition) is 4. The van der Waals surface area contributed by atoms with Gasteiger partial charge in [0.25, 0.3) is 5.69 Å². The highest BCUT2D eigenvalue weighted by molar-refractivity contribution is 5.38. The van der Waals surface area contributed by atoms with Crippen molar-refractivity contribution in [2.45, 2.75) is 6.54 Å². The van der Waals surface area contributed by atoms with Gasteiger partial charge in [0.15, 0.2) is 18.2 Å². The van der Waals surface area contributed by atoms with E-state index in [1.807, 2.05) is 58.5 Å².